The minimum Gasteiger partial charge on any atom is -0.481 e. The number of carbonyl (C=O) groups is 3. The number of amides is 2. The van der Waals surface area contributed by atoms with Gasteiger partial charge in [-0.1, -0.05) is 0 Å². The Morgan fingerprint density at radius 3 is 2.00 bits per heavy atom. The van der Waals surface area contributed by atoms with Crippen LogP contribution in [0.4, 0.5) is 4.79 Å². The number of aliphatic carboxylic acids is 2. The Hall–Kier alpha value is -1.79. The molecule has 0 saturated carbocycles. The zero-order valence-electron chi connectivity index (χ0n) is 9.40. The lowest BCUT2D eigenvalue weighted by atomic mass is 10.1. The highest BCUT2D eigenvalue weighted by molar-refractivity contribution is 5.86. The van der Waals surface area contributed by atoms with E-state index < -0.39 is 36.0 Å². The fourth-order valence-electron chi connectivity index (χ4n) is 0.910. The first kappa shape index (κ1) is 14.2. The summed E-state index contributed by atoms with van der Waals surface area (Å²) in [6.07, 6.45) is -0.660. The van der Waals surface area contributed by atoms with E-state index in [2.05, 4.69) is 10.6 Å². The smallest absolute Gasteiger partial charge is 0.326 e. The Labute approximate surface area is 92.8 Å². The first-order valence-corrected chi connectivity index (χ1v) is 4.65. The third-order valence-electron chi connectivity index (χ3n) is 1.47. The molecule has 4 N–H and O–H groups in total. The molecule has 0 aromatic carbocycles. The van der Waals surface area contributed by atoms with Gasteiger partial charge in [0.25, 0.3) is 0 Å². The highest BCUT2D eigenvalue weighted by Crippen LogP contribution is 1.99. The van der Waals surface area contributed by atoms with Gasteiger partial charge in [0.1, 0.15) is 6.04 Å². The van der Waals surface area contributed by atoms with E-state index in [1.807, 2.05) is 0 Å². The van der Waals surface area contributed by atoms with Gasteiger partial charge in [0.05, 0.1) is 6.42 Å². The topological polar surface area (TPSA) is 116 Å². The van der Waals surface area contributed by atoms with Crippen molar-refractivity contribution in [2.75, 3.05) is 0 Å². The lowest BCUT2D eigenvalue weighted by Crippen LogP contribution is -2.52. The van der Waals surface area contributed by atoms with Gasteiger partial charge in [0.2, 0.25) is 0 Å². The molecular formula is C9H16N2O5. The van der Waals surface area contributed by atoms with Crippen LogP contribution in [0.25, 0.3) is 0 Å². The maximum atomic E-state index is 11.3. The van der Waals surface area contributed by atoms with Crippen molar-refractivity contribution in [3.8, 4) is 0 Å². The Morgan fingerprint density at radius 1 is 1.19 bits per heavy atom. The zero-order valence-corrected chi connectivity index (χ0v) is 9.40. The number of carboxylic acids is 2. The van der Waals surface area contributed by atoms with Crippen LogP contribution >= 0.6 is 0 Å². The predicted octanol–water partition coefficient (Wildman–Crippen LogP) is 0.0120. The lowest BCUT2D eigenvalue weighted by molar-refractivity contribution is -0.145. The maximum absolute atomic E-state index is 11.3. The van der Waals surface area contributed by atoms with E-state index in [0.29, 0.717) is 0 Å². The molecule has 0 fully saturated rings. The second kappa shape index (κ2) is 5.34. The standard InChI is InChI=1S/C9H16N2O5/c1-9(2,3)11-8(16)10-5(7(14)15)4-6(12)13/h5H,4H2,1-3H3,(H,12,13)(H,14,15)(H2,10,11,16)/t5-/m1/s1. The predicted molar refractivity (Wildman–Crippen MR) is 55.1 cm³/mol. The molecule has 0 unspecified atom stereocenters. The molecule has 16 heavy (non-hydrogen) atoms. The second-order valence-corrected chi connectivity index (χ2v) is 4.34. The number of carbonyl (C=O) groups excluding carboxylic acids is 1. The van der Waals surface area contributed by atoms with Crippen LogP contribution in [0.2, 0.25) is 0 Å². The number of hydrogen-bond donors (Lipinski definition) is 4. The van der Waals surface area contributed by atoms with Crippen molar-refractivity contribution in [2.45, 2.75) is 38.8 Å². The Kier molecular flexibility index (Phi) is 4.74. The van der Waals surface area contributed by atoms with Crippen LogP contribution in [0.15, 0.2) is 0 Å². The molecule has 0 bridgehead atoms. The molecule has 1 atom stereocenters. The summed E-state index contributed by atoms with van der Waals surface area (Å²) in [7, 11) is 0. The average Bonchev–Trinajstić information content (AvgIpc) is 1.97. The summed E-state index contributed by atoms with van der Waals surface area (Å²) in [4.78, 5) is 32.3. The van der Waals surface area contributed by atoms with Crippen molar-refractivity contribution in [3.63, 3.8) is 0 Å². The van der Waals surface area contributed by atoms with Gasteiger partial charge in [0, 0.05) is 5.54 Å². The molecule has 7 nitrogen and oxygen atoms in total. The van der Waals surface area contributed by atoms with Crippen molar-refractivity contribution in [1.29, 1.82) is 0 Å². The summed E-state index contributed by atoms with van der Waals surface area (Å²) < 4.78 is 0. The van der Waals surface area contributed by atoms with Gasteiger partial charge in [-0.25, -0.2) is 9.59 Å². The van der Waals surface area contributed by atoms with E-state index >= 15 is 0 Å². The van der Waals surface area contributed by atoms with Crippen LogP contribution < -0.4 is 10.6 Å². The molecule has 0 aliphatic carbocycles. The molecule has 0 aromatic heterocycles. The van der Waals surface area contributed by atoms with Crippen LogP contribution in [0.5, 0.6) is 0 Å². The van der Waals surface area contributed by atoms with Crippen LogP contribution in [0.3, 0.4) is 0 Å². The Morgan fingerprint density at radius 2 is 1.69 bits per heavy atom. The highest BCUT2D eigenvalue weighted by atomic mass is 16.4. The maximum Gasteiger partial charge on any atom is 0.326 e. The van der Waals surface area contributed by atoms with Crippen molar-refractivity contribution >= 4 is 18.0 Å². The first-order valence-electron chi connectivity index (χ1n) is 4.65. The normalized spacial score (nSPS) is 12.7. The minimum atomic E-state index is -1.43. The van der Waals surface area contributed by atoms with Crippen LogP contribution in [-0.2, 0) is 9.59 Å². The SMILES string of the molecule is CC(C)(C)NC(=O)N[C@H](CC(=O)O)C(=O)O. The summed E-state index contributed by atoms with van der Waals surface area (Å²) in [5, 5.41) is 21.7. The molecule has 0 saturated heterocycles. The van der Waals surface area contributed by atoms with Gasteiger partial charge >= 0.3 is 18.0 Å². The van der Waals surface area contributed by atoms with Gasteiger partial charge in [-0.2, -0.15) is 0 Å². The first-order chi connectivity index (χ1) is 7.11. The van der Waals surface area contributed by atoms with Gasteiger partial charge in [-0.3, -0.25) is 4.79 Å². The third kappa shape index (κ3) is 6.63. The molecule has 0 spiro atoms. The molecule has 0 aliphatic heterocycles. The van der Waals surface area contributed by atoms with Crippen LogP contribution in [0.1, 0.15) is 27.2 Å². The Bertz CT molecular complexity index is 295. The second-order valence-electron chi connectivity index (χ2n) is 4.34. The largest absolute Gasteiger partial charge is 0.481 e. The molecule has 0 aliphatic rings. The van der Waals surface area contributed by atoms with Gasteiger partial charge in [-0.05, 0) is 20.8 Å². The van der Waals surface area contributed by atoms with E-state index in [4.69, 9.17) is 10.2 Å². The summed E-state index contributed by atoms with van der Waals surface area (Å²) in [5.74, 6) is -2.67. The molecule has 92 valence electrons. The summed E-state index contributed by atoms with van der Waals surface area (Å²) in [6, 6.07) is -2.14. The van der Waals surface area contributed by atoms with Crippen molar-refractivity contribution in [2.24, 2.45) is 0 Å². The number of hydrogen-bond acceptors (Lipinski definition) is 3. The quantitative estimate of drug-likeness (QED) is 0.545. The van der Waals surface area contributed by atoms with E-state index in [-0.39, 0.29) is 0 Å². The molecule has 0 radical (unpaired) electrons. The van der Waals surface area contributed by atoms with Crippen molar-refractivity contribution < 1.29 is 24.6 Å². The molecule has 2 amide bonds. The molecular weight excluding hydrogens is 216 g/mol. The minimum absolute atomic E-state index is 0.517. The number of carboxylic acid groups (broad SMARTS) is 2. The van der Waals surface area contributed by atoms with Crippen LogP contribution in [-0.4, -0.2) is 39.8 Å². The molecule has 0 rings (SSSR count). The van der Waals surface area contributed by atoms with Gasteiger partial charge in [0.15, 0.2) is 0 Å². The monoisotopic (exact) mass is 232 g/mol. The average molecular weight is 232 g/mol. The summed E-state index contributed by atoms with van der Waals surface area (Å²) in [6.45, 7) is 5.17. The molecule has 0 heterocycles. The highest BCUT2D eigenvalue weighted by Gasteiger charge is 2.24. The summed E-state index contributed by atoms with van der Waals surface area (Å²) >= 11 is 0. The summed E-state index contributed by atoms with van der Waals surface area (Å²) in [5.41, 5.74) is -0.517. The van der Waals surface area contributed by atoms with Crippen LogP contribution in [0, 0.1) is 0 Å². The van der Waals surface area contributed by atoms with E-state index in [9.17, 15) is 14.4 Å². The fraction of sp³-hybridized carbons (Fsp3) is 0.667. The number of rotatable bonds is 4. The van der Waals surface area contributed by atoms with E-state index in [1.54, 1.807) is 20.8 Å². The van der Waals surface area contributed by atoms with Crippen molar-refractivity contribution in [3.05, 3.63) is 0 Å². The number of nitrogens with one attached hydrogen (secondary N) is 2. The van der Waals surface area contributed by atoms with E-state index in [1.165, 1.54) is 0 Å². The van der Waals surface area contributed by atoms with Crippen molar-refractivity contribution in [1.82, 2.24) is 10.6 Å². The molecule has 0 aromatic rings. The lowest BCUT2D eigenvalue weighted by Gasteiger charge is -2.22. The third-order valence-corrected chi connectivity index (χ3v) is 1.47. The van der Waals surface area contributed by atoms with Gasteiger partial charge in [-0.15, -0.1) is 0 Å². The van der Waals surface area contributed by atoms with Gasteiger partial charge < -0.3 is 20.8 Å². The Balaban J connectivity index is 4.35. The molecule has 7 heteroatoms. The van der Waals surface area contributed by atoms with E-state index in [0.717, 1.165) is 0 Å². The zero-order chi connectivity index (χ0) is 12.9. The number of urea groups is 1. The fourth-order valence-corrected chi connectivity index (χ4v) is 0.910.